The van der Waals surface area contributed by atoms with Crippen LogP contribution in [-0.2, 0) is 4.79 Å². The molecule has 17 heavy (non-hydrogen) atoms. The lowest BCUT2D eigenvalue weighted by atomic mass is 10.1. The van der Waals surface area contributed by atoms with Crippen molar-refractivity contribution >= 4 is 17.3 Å². The SMILES string of the molecule is CC(N)CN1CC(=O)Nc2cc(C#N)ccc21. The average molecular weight is 230 g/mol. The maximum absolute atomic E-state index is 11.5. The van der Waals surface area contributed by atoms with E-state index in [1.807, 2.05) is 17.9 Å². The number of nitrogens with one attached hydrogen (secondary N) is 1. The molecule has 0 radical (unpaired) electrons. The van der Waals surface area contributed by atoms with E-state index in [1.165, 1.54) is 0 Å². The molecule has 1 aromatic rings. The van der Waals surface area contributed by atoms with Crippen molar-refractivity contribution in [3.63, 3.8) is 0 Å². The molecule has 0 fully saturated rings. The molecular weight excluding hydrogens is 216 g/mol. The molecule has 0 aliphatic carbocycles. The minimum Gasteiger partial charge on any atom is -0.359 e. The van der Waals surface area contributed by atoms with Gasteiger partial charge in [-0.1, -0.05) is 0 Å². The number of nitrogens with zero attached hydrogens (tertiary/aromatic N) is 2. The highest BCUT2D eigenvalue weighted by atomic mass is 16.2. The number of nitriles is 1. The molecule has 0 spiro atoms. The molecule has 5 heteroatoms. The van der Waals surface area contributed by atoms with E-state index in [-0.39, 0.29) is 11.9 Å². The molecule has 1 aromatic carbocycles. The predicted octanol–water partition coefficient (Wildman–Crippen LogP) is 0.664. The number of hydrogen-bond acceptors (Lipinski definition) is 4. The normalized spacial score (nSPS) is 15.8. The van der Waals surface area contributed by atoms with Crippen LogP contribution in [0, 0.1) is 11.3 Å². The van der Waals surface area contributed by atoms with Crippen LogP contribution in [0.15, 0.2) is 18.2 Å². The molecule has 5 nitrogen and oxygen atoms in total. The summed E-state index contributed by atoms with van der Waals surface area (Å²) in [6, 6.07) is 7.31. The number of rotatable bonds is 2. The number of nitrogens with two attached hydrogens (primary N) is 1. The van der Waals surface area contributed by atoms with Crippen molar-refractivity contribution in [3.8, 4) is 6.07 Å². The van der Waals surface area contributed by atoms with Crippen molar-refractivity contribution in [3.05, 3.63) is 23.8 Å². The minimum absolute atomic E-state index is 0.00982. The van der Waals surface area contributed by atoms with Crippen molar-refractivity contribution in [2.45, 2.75) is 13.0 Å². The topological polar surface area (TPSA) is 82.2 Å². The lowest BCUT2D eigenvalue weighted by Crippen LogP contribution is -2.43. The molecule has 2 rings (SSSR count). The Hall–Kier alpha value is -2.06. The van der Waals surface area contributed by atoms with Crippen molar-refractivity contribution < 1.29 is 4.79 Å². The van der Waals surface area contributed by atoms with Gasteiger partial charge in [-0.05, 0) is 25.1 Å². The molecule has 1 unspecified atom stereocenters. The number of carbonyl (C=O) groups is 1. The molecule has 1 amide bonds. The molecular formula is C12H14N4O. The van der Waals surface area contributed by atoms with E-state index in [2.05, 4.69) is 11.4 Å². The second kappa shape index (κ2) is 4.44. The monoisotopic (exact) mass is 230 g/mol. The zero-order chi connectivity index (χ0) is 12.4. The summed E-state index contributed by atoms with van der Waals surface area (Å²) in [6.45, 7) is 2.82. The molecule has 1 heterocycles. The first-order valence-corrected chi connectivity index (χ1v) is 5.44. The quantitative estimate of drug-likeness (QED) is 0.782. The Kier molecular flexibility index (Phi) is 2.98. The van der Waals surface area contributed by atoms with Gasteiger partial charge in [0.25, 0.3) is 0 Å². The highest BCUT2D eigenvalue weighted by molar-refractivity contribution is 6.01. The summed E-state index contributed by atoms with van der Waals surface area (Å²) >= 11 is 0. The van der Waals surface area contributed by atoms with Gasteiger partial charge in [0.05, 0.1) is 29.6 Å². The maximum Gasteiger partial charge on any atom is 0.243 e. The van der Waals surface area contributed by atoms with Gasteiger partial charge < -0.3 is 16.0 Å². The predicted molar refractivity (Wildman–Crippen MR) is 65.6 cm³/mol. The molecule has 0 saturated carbocycles. The number of carbonyl (C=O) groups excluding carboxylic acids is 1. The largest absolute Gasteiger partial charge is 0.359 e. The van der Waals surface area contributed by atoms with Gasteiger partial charge in [-0.25, -0.2) is 0 Å². The van der Waals surface area contributed by atoms with Gasteiger partial charge in [-0.2, -0.15) is 5.26 Å². The van der Waals surface area contributed by atoms with Gasteiger partial charge in [-0.3, -0.25) is 4.79 Å². The lowest BCUT2D eigenvalue weighted by Gasteiger charge is -2.32. The third kappa shape index (κ3) is 2.37. The first-order valence-electron chi connectivity index (χ1n) is 5.44. The summed E-state index contributed by atoms with van der Waals surface area (Å²) in [4.78, 5) is 13.5. The van der Waals surface area contributed by atoms with E-state index in [9.17, 15) is 4.79 Å². The fourth-order valence-electron chi connectivity index (χ4n) is 1.94. The number of fused-ring (bicyclic) bond motifs is 1. The second-order valence-corrected chi connectivity index (χ2v) is 4.25. The molecule has 0 bridgehead atoms. The Morgan fingerprint density at radius 1 is 1.65 bits per heavy atom. The fraction of sp³-hybridized carbons (Fsp3) is 0.333. The van der Waals surface area contributed by atoms with E-state index >= 15 is 0 Å². The van der Waals surface area contributed by atoms with Gasteiger partial charge in [0, 0.05) is 12.6 Å². The van der Waals surface area contributed by atoms with Gasteiger partial charge in [0.15, 0.2) is 0 Å². The minimum atomic E-state index is -0.0757. The highest BCUT2D eigenvalue weighted by Crippen LogP contribution is 2.30. The van der Waals surface area contributed by atoms with Crippen LogP contribution in [0.4, 0.5) is 11.4 Å². The molecule has 3 N–H and O–H groups in total. The maximum atomic E-state index is 11.5. The van der Waals surface area contributed by atoms with E-state index in [4.69, 9.17) is 11.0 Å². The smallest absolute Gasteiger partial charge is 0.243 e. The molecule has 0 aromatic heterocycles. The van der Waals surface area contributed by atoms with Crippen LogP contribution >= 0.6 is 0 Å². The summed E-state index contributed by atoms with van der Waals surface area (Å²) in [7, 11) is 0. The van der Waals surface area contributed by atoms with Crippen LogP contribution in [0.5, 0.6) is 0 Å². The number of hydrogen-bond donors (Lipinski definition) is 2. The van der Waals surface area contributed by atoms with Crippen LogP contribution < -0.4 is 16.0 Å². The fourth-order valence-corrected chi connectivity index (χ4v) is 1.94. The van der Waals surface area contributed by atoms with Crippen molar-refractivity contribution in [1.82, 2.24) is 0 Å². The third-order valence-electron chi connectivity index (χ3n) is 2.58. The summed E-state index contributed by atoms with van der Waals surface area (Å²) < 4.78 is 0. The molecule has 1 aliphatic heterocycles. The van der Waals surface area contributed by atoms with Gasteiger partial charge >= 0.3 is 0 Å². The summed E-state index contributed by atoms with van der Waals surface area (Å²) in [5.41, 5.74) is 7.89. The highest BCUT2D eigenvalue weighted by Gasteiger charge is 2.22. The van der Waals surface area contributed by atoms with Crippen LogP contribution in [0.3, 0.4) is 0 Å². The molecule has 88 valence electrons. The summed E-state index contributed by atoms with van der Waals surface area (Å²) in [5.74, 6) is -0.0757. The van der Waals surface area contributed by atoms with Crippen LogP contribution in [-0.4, -0.2) is 25.0 Å². The first kappa shape index (κ1) is 11.4. The van der Waals surface area contributed by atoms with E-state index in [0.29, 0.717) is 24.3 Å². The Morgan fingerprint density at radius 2 is 2.41 bits per heavy atom. The Labute approximate surface area is 99.8 Å². The van der Waals surface area contributed by atoms with Crippen molar-refractivity contribution in [2.75, 3.05) is 23.3 Å². The molecule has 1 atom stereocenters. The average Bonchev–Trinajstić information content (AvgIpc) is 2.27. The van der Waals surface area contributed by atoms with E-state index in [1.54, 1.807) is 12.1 Å². The Morgan fingerprint density at radius 3 is 3.06 bits per heavy atom. The first-order chi connectivity index (χ1) is 8.10. The van der Waals surface area contributed by atoms with Crippen molar-refractivity contribution in [2.24, 2.45) is 5.73 Å². The van der Waals surface area contributed by atoms with E-state index in [0.717, 1.165) is 5.69 Å². The summed E-state index contributed by atoms with van der Waals surface area (Å²) in [6.07, 6.45) is 0. The van der Waals surface area contributed by atoms with Crippen LogP contribution in [0.1, 0.15) is 12.5 Å². The Balaban J connectivity index is 2.37. The lowest BCUT2D eigenvalue weighted by molar-refractivity contribution is -0.115. The van der Waals surface area contributed by atoms with Crippen LogP contribution in [0.25, 0.3) is 0 Å². The van der Waals surface area contributed by atoms with Crippen LogP contribution in [0.2, 0.25) is 0 Å². The van der Waals surface area contributed by atoms with Gasteiger partial charge in [0.2, 0.25) is 5.91 Å². The standard InChI is InChI=1S/C12H14N4O/c1-8(14)6-16-7-12(17)15-10-4-9(5-13)2-3-11(10)16/h2-4,8H,6-7,14H2,1H3,(H,15,17). The number of amides is 1. The second-order valence-electron chi connectivity index (χ2n) is 4.25. The van der Waals surface area contributed by atoms with Gasteiger partial charge in [-0.15, -0.1) is 0 Å². The third-order valence-corrected chi connectivity index (χ3v) is 2.58. The van der Waals surface area contributed by atoms with Crippen molar-refractivity contribution in [1.29, 1.82) is 5.26 Å². The van der Waals surface area contributed by atoms with E-state index < -0.39 is 0 Å². The molecule has 1 aliphatic rings. The zero-order valence-electron chi connectivity index (χ0n) is 9.60. The summed E-state index contributed by atoms with van der Waals surface area (Å²) in [5, 5.41) is 11.6. The number of anilines is 2. The zero-order valence-corrected chi connectivity index (χ0v) is 9.60. The van der Waals surface area contributed by atoms with Gasteiger partial charge in [0.1, 0.15) is 0 Å². The number of benzene rings is 1. The molecule has 0 saturated heterocycles. The Bertz CT molecular complexity index is 490.